The molecule has 1 heterocycles. The number of nitrogens with one attached hydrogen (secondary N) is 1. The maximum absolute atomic E-state index is 12.8. The van der Waals surface area contributed by atoms with Crippen molar-refractivity contribution in [2.24, 2.45) is 5.92 Å². The van der Waals surface area contributed by atoms with Crippen LogP contribution in [0.2, 0.25) is 0 Å². The van der Waals surface area contributed by atoms with Gasteiger partial charge in [0.25, 0.3) is 0 Å². The molecule has 1 aromatic carbocycles. The first kappa shape index (κ1) is 18.7. The van der Waals surface area contributed by atoms with Crippen LogP contribution in [-0.4, -0.2) is 30.8 Å². The Hall–Kier alpha value is -1.60. The van der Waals surface area contributed by atoms with E-state index in [-0.39, 0.29) is 18.9 Å². The molecule has 0 spiro atoms. The van der Waals surface area contributed by atoms with Crippen LogP contribution in [0.15, 0.2) is 24.3 Å². The quantitative estimate of drug-likeness (QED) is 0.798. The maximum atomic E-state index is 12.8. The number of benzene rings is 1. The first-order valence-corrected chi connectivity index (χ1v) is 8.05. The van der Waals surface area contributed by atoms with E-state index in [1.807, 2.05) is 0 Å². The Morgan fingerprint density at radius 2 is 2.21 bits per heavy atom. The molecule has 1 fully saturated rings. The highest BCUT2D eigenvalue weighted by molar-refractivity contribution is 5.76. The van der Waals surface area contributed by atoms with E-state index in [1.54, 1.807) is 0 Å². The molecule has 0 bridgehead atoms. The molecule has 24 heavy (non-hydrogen) atoms. The average Bonchev–Trinajstić information content (AvgIpc) is 3.05. The number of rotatable bonds is 7. The van der Waals surface area contributed by atoms with Crippen LogP contribution >= 0.6 is 0 Å². The monoisotopic (exact) mass is 345 g/mol. The number of aliphatic hydroxyl groups is 1. The number of carbonyl (C=O) groups excluding carboxylic acids is 1. The van der Waals surface area contributed by atoms with Crippen LogP contribution in [0.1, 0.15) is 42.9 Å². The topological polar surface area (TPSA) is 58.6 Å². The Bertz CT molecular complexity index is 542. The first-order chi connectivity index (χ1) is 11.4. The Balaban J connectivity index is 1.99. The number of alkyl halides is 3. The molecule has 2 N–H and O–H groups in total. The number of carbonyl (C=O) groups is 1. The van der Waals surface area contributed by atoms with Crippen LogP contribution in [0.4, 0.5) is 13.2 Å². The van der Waals surface area contributed by atoms with E-state index < -0.39 is 17.8 Å². The Kier molecular flexibility index (Phi) is 6.62. The van der Waals surface area contributed by atoms with E-state index in [0.717, 1.165) is 18.6 Å². The van der Waals surface area contributed by atoms with Crippen LogP contribution < -0.4 is 5.32 Å². The van der Waals surface area contributed by atoms with Gasteiger partial charge in [0.15, 0.2) is 0 Å². The fraction of sp³-hybridized carbons (Fsp3) is 0.588. The van der Waals surface area contributed by atoms with Crippen molar-refractivity contribution in [2.75, 3.05) is 19.8 Å². The van der Waals surface area contributed by atoms with Gasteiger partial charge in [-0.2, -0.15) is 13.2 Å². The third kappa shape index (κ3) is 5.49. The second-order valence-electron chi connectivity index (χ2n) is 6.02. The van der Waals surface area contributed by atoms with Crippen molar-refractivity contribution in [3.8, 4) is 0 Å². The molecule has 0 radical (unpaired) electrons. The fourth-order valence-corrected chi connectivity index (χ4v) is 2.80. The Morgan fingerprint density at radius 1 is 1.42 bits per heavy atom. The Morgan fingerprint density at radius 3 is 2.83 bits per heavy atom. The lowest BCUT2D eigenvalue weighted by molar-refractivity contribution is -0.137. The maximum Gasteiger partial charge on any atom is 0.416 e. The van der Waals surface area contributed by atoms with Gasteiger partial charge in [-0.3, -0.25) is 4.79 Å². The third-order valence-electron chi connectivity index (χ3n) is 4.17. The van der Waals surface area contributed by atoms with Crippen molar-refractivity contribution >= 4 is 5.91 Å². The molecule has 7 heteroatoms. The van der Waals surface area contributed by atoms with Gasteiger partial charge >= 0.3 is 6.18 Å². The summed E-state index contributed by atoms with van der Waals surface area (Å²) in [6.45, 7) is 1.14. The van der Waals surface area contributed by atoms with E-state index in [1.165, 1.54) is 12.1 Å². The van der Waals surface area contributed by atoms with Crippen LogP contribution in [0, 0.1) is 5.92 Å². The van der Waals surface area contributed by atoms with Crippen molar-refractivity contribution in [3.63, 3.8) is 0 Å². The van der Waals surface area contributed by atoms with Crippen molar-refractivity contribution in [3.05, 3.63) is 35.4 Å². The molecule has 134 valence electrons. The van der Waals surface area contributed by atoms with Crippen molar-refractivity contribution in [1.82, 2.24) is 5.32 Å². The molecule has 1 amide bonds. The molecular weight excluding hydrogens is 323 g/mol. The minimum Gasteiger partial charge on any atom is -0.396 e. The zero-order valence-electron chi connectivity index (χ0n) is 13.3. The molecule has 1 aromatic rings. The molecule has 0 saturated carbocycles. The first-order valence-electron chi connectivity index (χ1n) is 8.05. The minimum absolute atomic E-state index is 0.166. The SMILES string of the molecule is O=C(CC[C@H]1CCOC1)N[C@@H](CCO)c1cccc(C(F)(F)F)c1. The van der Waals surface area contributed by atoms with E-state index >= 15 is 0 Å². The van der Waals surface area contributed by atoms with Crippen LogP contribution in [0.5, 0.6) is 0 Å². The van der Waals surface area contributed by atoms with Crippen molar-refractivity contribution < 1.29 is 27.8 Å². The normalized spacial score (nSPS) is 19.2. The van der Waals surface area contributed by atoms with E-state index in [0.29, 0.717) is 37.5 Å². The number of hydrogen-bond donors (Lipinski definition) is 2. The largest absolute Gasteiger partial charge is 0.416 e. The molecule has 2 atom stereocenters. The number of ether oxygens (including phenoxy) is 1. The van der Waals surface area contributed by atoms with Crippen LogP contribution in [0.25, 0.3) is 0 Å². The lowest BCUT2D eigenvalue weighted by Gasteiger charge is -2.20. The molecule has 4 nitrogen and oxygen atoms in total. The van der Waals surface area contributed by atoms with Gasteiger partial charge in [-0.1, -0.05) is 12.1 Å². The molecule has 0 unspecified atom stereocenters. The third-order valence-corrected chi connectivity index (χ3v) is 4.17. The summed E-state index contributed by atoms with van der Waals surface area (Å²) in [5, 5.41) is 11.9. The smallest absolute Gasteiger partial charge is 0.396 e. The summed E-state index contributed by atoms with van der Waals surface area (Å²) in [6, 6.07) is 4.21. The van der Waals surface area contributed by atoms with Crippen LogP contribution in [-0.2, 0) is 15.7 Å². The summed E-state index contributed by atoms with van der Waals surface area (Å²) in [7, 11) is 0. The number of halogens is 3. The van der Waals surface area contributed by atoms with E-state index in [9.17, 15) is 18.0 Å². The molecular formula is C17H22F3NO3. The van der Waals surface area contributed by atoms with Gasteiger partial charge in [-0.15, -0.1) is 0 Å². The van der Waals surface area contributed by atoms with Gasteiger partial charge in [-0.25, -0.2) is 0 Å². The molecule has 2 rings (SSSR count). The van der Waals surface area contributed by atoms with Gasteiger partial charge in [0, 0.05) is 26.2 Å². The summed E-state index contributed by atoms with van der Waals surface area (Å²) in [5.74, 6) is 0.137. The van der Waals surface area contributed by atoms with E-state index in [2.05, 4.69) is 5.32 Å². The number of hydrogen-bond acceptors (Lipinski definition) is 3. The predicted octanol–water partition coefficient (Wildman–Crippen LogP) is 3.06. The zero-order valence-corrected chi connectivity index (χ0v) is 13.3. The van der Waals surface area contributed by atoms with Gasteiger partial charge in [0.1, 0.15) is 0 Å². The molecule has 1 aliphatic rings. The molecule has 1 aliphatic heterocycles. The summed E-state index contributed by atoms with van der Waals surface area (Å²) >= 11 is 0. The molecule has 0 aliphatic carbocycles. The molecule has 0 aromatic heterocycles. The minimum atomic E-state index is -4.44. The van der Waals surface area contributed by atoms with Gasteiger partial charge in [-0.05, 0) is 42.9 Å². The van der Waals surface area contributed by atoms with E-state index in [4.69, 9.17) is 9.84 Å². The average molecular weight is 345 g/mol. The summed E-state index contributed by atoms with van der Waals surface area (Å²) in [5.41, 5.74) is -0.420. The highest BCUT2D eigenvalue weighted by Gasteiger charge is 2.31. The van der Waals surface area contributed by atoms with Gasteiger partial charge in [0.05, 0.1) is 11.6 Å². The van der Waals surface area contributed by atoms with Crippen molar-refractivity contribution in [1.29, 1.82) is 0 Å². The number of aliphatic hydroxyl groups excluding tert-OH is 1. The summed E-state index contributed by atoms with van der Waals surface area (Å²) < 4.78 is 43.7. The lowest BCUT2D eigenvalue weighted by atomic mass is 9.99. The van der Waals surface area contributed by atoms with Crippen LogP contribution in [0.3, 0.4) is 0 Å². The highest BCUT2D eigenvalue weighted by Crippen LogP contribution is 2.31. The van der Waals surface area contributed by atoms with Gasteiger partial charge in [0.2, 0.25) is 5.91 Å². The second-order valence-corrected chi connectivity index (χ2v) is 6.02. The lowest BCUT2D eigenvalue weighted by Crippen LogP contribution is -2.29. The second kappa shape index (κ2) is 8.48. The fourth-order valence-electron chi connectivity index (χ4n) is 2.80. The summed E-state index contributed by atoms with van der Waals surface area (Å²) in [6.07, 6.45) is -2.35. The zero-order chi connectivity index (χ0) is 17.6. The van der Waals surface area contributed by atoms with Gasteiger partial charge < -0.3 is 15.2 Å². The standard InChI is InChI=1S/C17H22F3NO3/c18-17(19,20)14-3-1-2-13(10-14)15(6-8-22)21-16(23)5-4-12-7-9-24-11-12/h1-3,10,12,15,22H,4-9,11H2,(H,21,23)/t12-,15-/m0/s1. The summed E-state index contributed by atoms with van der Waals surface area (Å²) in [4.78, 5) is 12.1. The highest BCUT2D eigenvalue weighted by atomic mass is 19.4. The number of amides is 1. The molecule has 1 saturated heterocycles. The predicted molar refractivity (Wildman–Crippen MR) is 82.2 cm³/mol. The Labute approximate surface area is 139 Å². The van der Waals surface area contributed by atoms with Crippen molar-refractivity contribution in [2.45, 2.75) is 37.9 Å².